The third-order valence-electron chi connectivity index (χ3n) is 3.74. The molecule has 0 aromatic heterocycles. The number of oxime groups is 2. The summed E-state index contributed by atoms with van der Waals surface area (Å²) >= 11 is 0. The molecule has 0 radical (unpaired) electrons. The molecule has 2 aromatic carbocycles. The summed E-state index contributed by atoms with van der Waals surface area (Å²) < 4.78 is 0. The van der Waals surface area contributed by atoms with E-state index in [9.17, 15) is 4.79 Å². The minimum atomic E-state index is -1.12. The van der Waals surface area contributed by atoms with E-state index in [1.807, 2.05) is 60.7 Å². The van der Waals surface area contributed by atoms with Gasteiger partial charge in [-0.05, 0) is 13.8 Å². The van der Waals surface area contributed by atoms with Crippen LogP contribution in [0.3, 0.4) is 0 Å². The van der Waals surface area contributed by atoms with Crippen LogP contribution in [0.5, 0.6) is 0 Å². The third-order valence-corrected chi connectivity index (χ3v) is 3.74. The number of carbonyl (C=O) groups is 1. The van der Waals surface area contributed by atoms with E-state index in [-0.39, 0.29) is 0 Å². The Morgan fingerprint density at radius 2 is 1.62 bits per heavy atom. The molecule has 0 amide bonds. The summed E-state index contributed by atoms with van der Waals surface area (Å²) in [6.45, 7) is 3.46. The Hall–Kier alpha value is -2.95. The van der Waals surface area contributed by atoms with Gasteiger partial charge in [-0.15, -0.1) is 0 Å². The van der Waals surface area contributed by atoms with Gasteiger partial charge >= 0.3 is 5.97 Å². The van der Waals surface area contributed by atoms with Gasteiger partial charge in [0.2, 0.25) is 5.60 Å². The van der Waals surface area contributed by atoms with Crippen LogP contribution in [0.2, 0.25) is 0 Å². The molecule has 3 rings (SSSR count). The normalized spacial score (nSPS) is 19.2. The second kappa shape index (κ2) is 6.66. The van der Waals surface area contributed by atoms with E-state index in [0.29, 0.717) is 12.1 Å². The van der Waals surface area contributed by atoms with E-state index < -0.39 is 11.6 Å². The fourth-order valence-corrected chi connectivity index (χ4v) is 2.49. The van der Waals surface area contributed by atoms with Gasteiger partial charge in [0.25, 0.3) is 0 Å². The van der Waals surface area contributed by atoms with Crippen LogP contribution in [0.15, 0.2) is 71.0 Å². The van der Waals surface area contributed by atoms with Crippen LogP contribution in [-0.2, 0) is 14.5 Å². The van der Waals surface area contributed by atoms with Crippen LogP contribution < -0.4 is 0 Å². The predicted molar refractivity (Wildman–Crippen MR) is 91.8 cm³/mol. The van der Waals surface area contributed by atoms with Crippen molar-refractivity contribution in [1.82, 2.24) is 0 Å². The summed E-state index contributed by atoms with van der Waals surface area (Å²) in [4.78, 5) is 22.8. The molecule has 24 heavy (non-hydrogen) atoms. The zero-order valence-corrected chi connectivity index (χ0v) is 13.6. The molecule has 0 saturated carbocycles. The first-order chi connectivity index (χ1) is 11.6. The Morgan fingerprint density at radius 3 is 2.08 bits per heavy atom. The van der Waals surface area contributed by atoms with Gasteiger partial charge < -0.3 is 9.68 Å². The molecular weight excluding hydrogens is 304 g/mol. The minimum Gasteiger partial charge on any atom is -0.377 e. The molecule has 0 bridgehead atoms. The topological polar surface area (TPSA) is 60.2 Å². The van der Waals surface area contributed by atoms with Crippen LogP contribution >= 0.6 is 0 Å². The van der Waals surface area contributed by atoms with E-state index in [1.165, 1.54) is 0 Å². The average Bonchev–Trinajstić information content (AvgIpc) is 2.97. The Bertz CT molecular complexity index is 743. The van der Waals surface area contributed by atoms with Gasteiger partial charge in [0.1, 0.15) is 5.71 Å². The Labute approximate surface area is 140 Å². The van der Waals surface area contributed by atoms with E-state index >= 15 is 0 Å². The van der Waals surface area contributed by atoms with E-state index in [0.717, 1.165) is 16.8 Å². The lowest BCUT2D eigenvalue weighted by Crippen LogP contribution is -2.36. The molecule has 0 N–H and O–H groups in total. The first-order valence-electron chi connectivity index (χ1n) is 7.70. The van der Waals surface area contributed by atoms with Crippen molar-refractivity contribution in [2.45, 2.75) is 25.9 Å². The standard InChI is InChI=1S/C19H18N2O3/c1-14-13-19(2,24-20-14)18(22)23-21-17(15-9-5-3-6-10-15)16-11-7-4-8-12-16/h3-12H,13H2,1-2H3. The monoisotopic (exact) mass is 322 g/mol. The highest BCUT2D eigenvalue weighted by molar-refractivity contribution is 6.12. The van der Waals surface area contributed by atoms with Crippen LogP contribution in [0.1, 0.15) is 31.4 Å². The number of rotatable bonds is 4. The van der Waals surface area contributed by atoms with Crippen molar-refractivity contribution >= 4 is 17.4 Å². The van der Waals surface area contributed by atoms with Crippen molar-refractivity contribution in [2.75, 3.05) is 0 Å². The molecule has 1 aliphatic heterocycles. The first kappa shape index (κ1) is 15.9. The van der Waals surface area contributed by atoms with Crippen LogP contribution in [0.4, 0.5) is 0 Å². The fraction of sp³-hybridized carbons (Fsp3) is 0.211. The highest BCUT2D eigenvalue weighted by Crippen LogP contribution is 2.25. The van der Waals surface area contributed by atoms with Crippen molar-refractivity contribution in [3.63, 3.8) is 0 Å². The number of nitrogens with zero attached hydrogens (tertiary/aromatic N) is 2. The highest BCUT2D eigenvalue weighted by atomic mass is 16.7. The van der Waals surface area contributed by atoms with Crippen molar-refractivity contribution < 1.29 is 14.5 Å². The highest BCUT2D eigenvalue weighted by Gasteiger charge is 2.43. The SMILES string of the molecule is CC1=NOC(C)(C(=O)ON=C(c2ccccc2)c2ccccc2)C1. The summed E-state index contributed by atoms with van der Waals surface area (Å²) in [5.74, 6) is -0.563. The second-order valence-electron chi connectivity index (χ2n) is 5.88. The zero-order valence-electron chi connectivity index (χ0n) is 13.6. The van der Waals surface area contributed by atoms with Crippen molar-refractivity contribution in [3.8, 4) is 0 Å². The molecule has 1 atom stereocenters. The Balaban J connectivity index is 1.87. The molecule has 2 aromatic rings. The predicted octanol–water partition coefficient (Wildman–Crippen LogP) is 3.54. The molecule has 5 heteroatoms. The average molecular weight is 322 g/mol. The Morgan fingerprint density at radius 1 is 1.08 bits per heavy atom. The smallest absolute Gasteiger partial charge is 0.377 e. The maximum atomic E-state index is 12.4. The quantitative estimate of drug-likeness (QED) is 0.491. The fourth-order valence-electron chi connectivity index (χ4n) is 2.49. The van der Waals surface area contributed by atoms with Crippen molar-refractivity contribution in [2.24, 2.45) is 10.3 Å². The zero-order chi connectivity index (χ0) is 17.0. The van der Waals surface area contributed by atoms with E-state index in [1.54, 1.807) is 13.8 Å². The van der Waals surface area contributed by atoms with Gasteiger partial charge in [0.05, 0.1) is 5.71 Å². The van der Waals surface area contributed by atoms with Crippen LogP contribution in [-0.4, -0.2) is 23.0 Å². The van der Waals surface area contributed by atoms with Crippen LogP contribution in [0, 0.1) is 0 Å². The molecule has 0 saturated heterocycles. The van der Waals surface area contributed by atoms with E-state index in [2.05, 4.69) is 10.3 Å². The van der Waals surface area contributed by atoms with Crippen molar-refractivity contribution in [3.05, 3.63) is 71.8 Å². The van der Waals surface area contributed by atoms with Gasteiger partial charge in [-0.2, -0.15) is 0 Å². The summed E-state index contributed by atoms with van der Waals surface area (Å²) in [7, 11) is 0. The first-order valence-corrected chi connectivity index (χ1v) is 7.70. The largest absolute Gasteiger partial charge is 0.381 e. The van der Waals surface area contributed by atoms with Gasteiger partial charge in [0, 0.05) is 17.5 Å². The Kier molecular flexibility index (Phi) is 4.42. The molecule has 0 aliphatic carbocycles. The molecule has 1 heterocycles. The van der Waals surface area contributed by atoms with Crippen molar-refractivity contribution in [1.29, 1.82) is 0 Å². The molecule has 0 fully saturated rings. The second-order valence-corrected chi connectivity index (χ2v) is 5.88. The summed E-state index contributed by atoms with van der Waals surface area (Å²) in [5, 5.41) is 7.94. The summed E-state index contributed by atoms with van der Waals surface area (Å²) in [6.07, 6.45) is 0.396. The van der Waals surface area contributed by atoms with Gasteiger partial charge in [0.15, 0.2) is 0 Å². The van der Waals surface area contributed by atoms with Gasteiger partial charge in [-0.3, -0.25) is 0 Å². The maximum Gasteiger partial charge on any atom is 0.381 e. The molecule has 1 aliphatic rings. The molecule has 1 unspecified atom stereocenters. The van der Waals surface area contributed by atoms with E-state index in [4.69, 9.17) is 9.68 Å². The maximum absolute atomic E-state index is 12.4. The van der Waals surface area contributed by atoms with Gasteiger partial charge in [-0.1, -0.05) is 71.0 Å². The summed E-state index contributed by atoms with van der Waals surface area (Å²) in [5.41, 5.74) is 1.95. The molecule has 0 spiro atoms. The number of carbonyl (C=O) groups excluding carboxylic acids is 1. The number of hydrogen-bond acceptors (Lipinski definition) is 5. The van der Waals surface area contributed by atoms with Gasteiger partial charge in [-0.25, -0.2) is 4.79 Å². The lowest BCUT2D eigenvalue weighted by atomic mass is 10.0. The summed E-state index contributed by atoms with van der Waals surface area (Å²) in [6, 6.07) is 19.2. The third kappa shape index (κ3) is 3.35. The molecule has 122 valence electrons. The minimum absolute atomic E-state index is 0.396. The number of hydrogen-bond donors (Lipinski definition) is 0. The lowest BCUT2D eigenvalue weighted by Gasteiger charge is -2.17. The lowest BCUT2D eigenvalue weighted by molar-refractivity contribution is -0.167. The number of benzene rings is 2. The molecule has 5 nitrogen and oxygen atoms in total. The van der Waals surface area contributed by atoms with Crippen LogP contribution in [0.25, 0.3) is 0 Å². The molecular formula is C19H18N2O3.